The molecule has 0 bridgehead atoms. The lowest BCUT2D eigenvalue weighted by Crippen LogP contribution is -2.37. The van der Waals surface area contributed by atoms with Crippen LogP contribution in [0.1, 0.15) is 47.5 Å². The fourth-order valence-electron chi connectivity index (χ4n) is 4.15. The van der Waals surface area contributed by atoms with Crippen LogP contribution in [-0.4, -0.2) is 64.8 Å². The van der Waals surface area contributed by atoms with Crippen LogP contribution in [0, 0.1) is 17.6 Å². The molecule has 0 atom stereocenters. The quantitative estimate of drug-likeness (QED) is 0.533. The first-order valence-electron chi connectivity index (χ1n) is 11.5. The Hall–Kier alpha value is -3.69. The van der Waals surface area contributed by atoms with E-state index in [-0.39, 0.29) is 29.0 Å². The fraction of sp³-hybridized carbons (Fsp3) is 0.400. The maximum Gasteiger partial charge on any atom is 0.272 e. The van der Waals surface area contributed by atoms with Crippen LogP contribution >= 0.6 is 0 Å². The van der Waals surface area contributed by atoms with Gasteiger partial charge in [-0.25, -0.2) is 23.7 Å². The zero-order chi connectivity index (χ0) is 25.3. The van der Waals surface area contributed by atoms with Gasteiger partial charge >= 0.3 is 0 Å². The summed E-state index contributed by atoms with van der Waals surface area (Å²) in [6, 6.07) is 4.66. The second kappa shape index (κ2) is 9.89. The molecule has 184 valence electrons. The molecule has 0 radical (unpaired) electrons. The standard InChI is InChI=1S/C25H28F2N6O2/c1-14(2)29-23-24(31-21-13-28-20(12-19(21)30-23)25(35)32(3)4)33-9-7-15(8-10-33)22(34)17-11-16(26)5-6-18(17)27/h5-6,11-15H,7-10H2,1-4H3,(H,29,30). The zero-order valence-corrected chi connectivity index (χ0v) is 20.2. The Morgan fingerprint density at radius 2 is 1.80 bits per heavy atom. The molecule has 4 rings (SSSR count). The number of ketones is 1. The van der Waals surface area contributed by atoms with Gasteiger partial charge in [-0.15, -0.1) is 0 Å². The topological polar surface area (TPSA) is 91.3 Å². The average molecular weight is 483 g/mol. The second-order valence-corrected chi connectivity index (χ2v) is 9.20. The molecule has 1 aromatic carbocycles. The van der Waals surface area contributed by atoms with Crippen LogP contribution in [0.4, 0.5) is 20.4 Å². The van der Waals surface area contributed by atoms with Gasteiger partial charge in [0, 0.05) is 39.1 Å². The normalized spacial score (nSPS) is 14.4. The number of Topliss-reactive ketones (excluding diaryl/α,β-unsaturated/α-hetero) is 1. The summed E-state index contributed by atoms with van der Waals surface area (Å²) in [5.74, 6) is -1.15. The number of fused-ring (bicyclic) bond motifs is 1. The second-order valence-electron chi connectivity index (χ2n) is 9.20. The van der Waals surface area contributed by atoms with E-state index in [1.807, 2.05) is 18.7 Å². The SMILES string of the molecule is CC(C)Nc1nc2cc(C(=O)N(C)C)ncc2nc1N1CCC(C(=O)c2cc(F)ccc2F)CC1. The number of hydrogen-bond donors (Lipinski definition) is 1. The Kier molecular flexibility index (Phi) is 6.90. The predicted octanol–water partition coefficient (Wildman–Crippen LogP) is 3.92. The van der Waals surface area contributed by atoms with Gasteiger partial charge in [0.25, 0.3) is 5.91 Å². The fourth-order valence-corrected chi connectivity index (χ4v) is 4.15. The van der Waals surface area contributed by atoms with Gasteiger partial charge in [0.1, 0.15) is 22.8 Å². The maximum absolute atomic E-state index is 14.1. The number of aromatic nitrogens is 3. The van der Waals surface area contributed by atoms with Gasteiger partial charge in [-0.3, -0.25) is 9.59 Å². The number of nitrogens with zero attached hydrogens (tertiary/aromatic N) is 5. The maximum atomic E-state index is 14.1. The van der Waals surface area contributed by atoms with E-state index in [1.54, 1.807) is 20.2 Å². The Bertz CT molecular complexity index is 1270. The number of piperidine rings is 1. The highest BCUT2D eigenvalue weighted by atomic mass is 19.1. The van der Waals surface area contributed by atoms with Gasteiger partial charge < -0.3 is 15.1 Å². The first-order valence-corrected chi connectivity index (χ1v) is 11.5. The number of halogens is 2. The molecule has 2 aromatic heterocycles. The smallest absolute Gasteiger partial charge is 0.272 e. The summed E-state index contributed by atoms with van der Waals surface area (Å²) in [6.45, 7) is 4.99. The molecule has 3 heterocycles. The van der Waals surface area contributed by atoms with Crippen molar-refractivity contribution in [2.45, 2.75) is 32.7 Å². The van der Waals surface area contributed by atoms with Crippen molar-refractivity contribution in [3.8, 4) is 0 Å². The molecule has 1 aliphatic rings. The molecule has 1 fully saturated rings. The number of carbonyl (C=O) groups excluding carboxylic acids is 2. The number of rotatable bonds is 6. The van der Waals surface area contributed by atoms with Crippen LogP contribution in [0.2, 0.25) is 0 Å². The van der Waals surface area contributed by atoms with Crippen LogP contribution in [0.5, 0.6) is 0 Å². The predicted molar refractivity (Wildman–Crippen MR) is 130 cm³/mol. The van der Waals surface area contributed by atoms with Gasteiger partial charge in [-0.2, -0.15) is 0 Å². The highest BCUT2D eigenvalue weighted by molar-refractivity contribution is 5.98. The van der Waals surface area contributed by atoms with Crippen LogP contribution < -0.4 is 10.2 Å². The molecule has 1 aliphatic heterocycles. The number of pyridine rings is 1. The Morgan fingerprint density at radius 3 is 2.46 bits per heavy atom. The molecule has 35 heavy (non-hydrogen) atoms. The lowest BCUT2D eigenvalue weighted by Gasteiger charge is -2.33. The van der Waals surface area contributed by atoms with E-state index in [0.29, 0.717) is 48.6 Å². The first-order chi connectivity index (χ1) is 16.6. The van der Waals surface area contributed by atoms with Gasteiger partial charge in [0.2, 0.25) is 0 Å². The van der Waals surface area contributed by atoms with E-state index >= 15 is 0 Å². The van der Waals surface area contributed by atoms with Crippen molar-refractivity contribution in [1.29, 1.82) is 0 Å². The van der Waals surface area contributed by atoms with Crippen LogP contribution in [0.15, 0.2) is 30.5 Å². The molecular weight excluding hydrogens is 454 g/mol. The van der Waals surface area contributed by atoms with E-state index in [9.17, 15) is 18.4 Å². The Labute approximate surface area is 202 Å². The van der Waals surface area contributed by atoms with Gasteiger partial charge in [-0.05, 0) is 51.0 Å². The number of nitrogens with one attached hydrogen (secondary N) is 1. The van der Waals surface area contributed by atoms with Crippen molar-refractivity contribution >= 4 is 34.4 Å². The third kappa shape index (κ3) is 5.21. The molecule has 0 saturated carbocycles. The molecule has 8 nitrogen and oxygen atoms in total. The summed E-state index contributed by atoms with van der Waals surface area (Å²) in [4.78, 5) is 42.4. The number of anilines is 2. The van der Waals surface area contributed by atoms with Gasteiger partial charge in [-0.1, -0.05) is 0 Å². The van der Waals surface area contributed by atoms with Crippen molar-refractivity contribution in [2.75, 3.05) is 37.4 Å². The molecular formula is C25H28F2N6O2. The summed E-state index contributed by atoms with van der Waals surface area (Å²) in [5.41, 5.74) is 1.17. The zero-order valence-electron chi connectivity index (χ0n) is 20.2. The molecule has 0 spiro atoms. The average Bonchev–Trinajstić information content (AvgIpc) is 2.83. The highest BCUT2D eigenvalue weighted by Crippen LogP contribution is 2.31. The number of amides is 1. The van der Waals surface area contributed by atoms with Crippen molar-refractivity contribution < 1.29 is 18.4 Å². The molecule has 1 N–H and O–H groups in total. The summed E-state index contributed by atoms with van der Waals surface area (Å²) < 4.78 is 27.7. The molecule has 0 unspecified atom stereocenters. The Balaban J connectivity index is 1.59. The van der Waals surface area contributed by atoms with E-state index in [0.717, 1.165) is 18.2 Å². The van der Waals surface area contributed by atoms with Crippen LogP contribution in [0.25, 0.3) is 11.0 Å². The van der Waals surface area contributed by atoms with Crippen molar-refractivity contribution in [3.05, 3.63) is 53.4 Å². The van der Waals surface area contributed by atoms with Crippen molar-refractivity contribution in [2.24, 2.45) is 5.92 Å². The molecule has 10 heteroatoms. The van der Waals surface area contributed by atoms with Crippen LogP contribution in [0.3, 0.4) is 0 Å². The summed E-state index contributed by atoms with van der Waals surface area (Å²) in [6.07, 6.45) is 2.49. The molecule has 3 aromatic rings. The number of carbonyl (C=O) groups is 2. The minimum absolute atomic E-state index is 0.0836. The number of benzene rings is 1. The monoisotopic (exact) mass is 482 g/mol. The Morgan fingerprint density at radius 1 is 1.09 bits per heavy atom. The largest absolute Gasteiger partial charge is 0.365 e. The lowest BCUT2D eigenvalue weighted by atomic mass is 9.88. The van der Waals surface area contributed by atoms with Crippen molar-refractivity contribution in [3.63, 3.8) is 0 Å². The summed E-state index contributed by atoms with van der Waals surface area (Å²) >= 11 is 0. The highest BCUT2D eigenvalue weighted by Gasteiger charge is 2.30. The van der Waals surface area contributed by atoms with Crippen LogP contribution in [-0.2, 0) is 0 Å². The molecule has 1 saturated heterocycles. The first kappa shape index (κ1) is 24.4. The number of hydrogen-bond acceptors (Lipinski definition) is 7. The van der Waals surface area contributed by atoms with E-state index in [1.165, 1.54) is 11.1 Å². The third-order valence-electron chi connectivity index (χ3n) is 5.94. The van der Waals surface area contributed by atoms with E-state index < -0.39 is 17.6 Å². The van der Waals surface area contributed by atoms with Gasteiger partial charge in [0.05, 0.1) is 17.3 Å². The van der Waals surface area contributed by atoms with E-state index in [2.05, 4.69) is 10.3 Å². The summed E-state index contributed by atoms with van der Waals surface area (Å²) in [7, 11) is 3.32. The minimum Gasteiger partial charge on any atom is -0.365 e. The summed E-state index contributed by atoms with van der Waals surface area (Å²) in [5, 5.41) is 3.32. The molecule has 1 amide bonds. The van der Waals surface area contributed by atoms with Crippen molar-refractivity contribution in [1.82, 2.24) is 19.9 Å². The molecule has 0 aliphatic carbocycles. The minimum atomic E-state index is -0.706. The van der Waals surface area contributed by atoms with E-state index in [4.69, 9.17) is 9.97 Å². The lowest BCUT2D eigenvalue weighted by molar-refractivity contribution is 0.0821. The van der Waals surface area contributed by atoms with Gasteiger partial charge in [0.15, 0.2) is 17.4 Å². The third-order valence-corrected chi connectivity index (χ3v) is 5.94.